The predicted molar refractivity (Wildman–Crippen MR) is 129 cm³/mol. The van der Waals surface area contributed by atoms with Crippen LogP contribution in [0.4, 0.5) is 10.5 Å². The summed E-state index contributed by atoms with van der Waals surface area (Å²) in [6.07, 6.45) is 3.44. The average molecular weight is 434 g/mol. The van der Waals surface area contributed by atoms with Crippen LogP contribution < -0.4 is 15.5 Å². The van der Waals surface area contributed by atoms with E-state index in [0.29, 0.717) is 13.1 Å². The summed E-state index contributed by atoms with van der Waals surface area (Å²) < 4.78 is 5.39. The quantitative estimate of drug-likeness (QED) is 0.429. The van der Waals surface area contributed by atoms with E-state index < -0.39 is 0 Å². The zero-order valence-corrected chi connectivity index (χ0v) is 18.8. The summed E-state index contributed by atoms with van der Waals surface area (Å²) in [5.74, 6) is 6.04. The van der Waals surface area contributed by atoms with E-state index in [1.54, 1.807) is 7.11 Å². The highest BCUT2D eigenvalue weighted by Gasteiger charge is 2.50. The fourth-order valence-corrected chi connectivity index (χ4v) is 4.67. The number of hydrogen-bond acceptors (Lipinski definition) is 5. The van der Waals surface area contributed by atoms with E-state index >= 15 is 0 Å². The van der Waals surface area contributed by atoms with Gasteiger partial charge in [0.1, 0.15) is 5.75 Å². The number of hydrogen-bond donors (Lipinski definition) is 1. The number of likely N-dealkylation sites (tertiary alicyclic amines) is 1. The van der Waals surface area contributed by atoms with Crippen molar-refractivity contribution >= 4 is 23.5 Å². The largest absolute Gasteiger partial charge is 0.497 e. The van der Waals surface area contributed by atoms with Crippen molar-refractivity contribution < 1.29 is 9.53 Å². The summed E-state index contributed by atoms with van der Waals surface area (Å²) in [4.78, 5) is 20.0. The number of anilines is 1. The maximum atomic E-state index is 13.7. The molecular weight excluding hydrogens is 402 g/mol. The van der Waals surface area contributed by atoms with Gasteiger partial charge in [0.25, 0.3) is 0 Å². The highest BCUT2D eigenvalue weighted by Crippen LogP contribution is 2.39. The number of benzene rings is 2. The van der Waals surface area contributed by atoms with E-state index in [0.717, 1.165) is 54.1 Å². The smallest absolute Gasteiger partial charge is 0.325 e. The number of nitrogens with two attached hydrogens (primary N) is 1. The molecule has 168 valence electrons. The van der Waals surface area contributed by atoms with Crippen LogP contribution in [0.25, 0.3) is 5.57 Å². The topological polar surface area (TPSA) is 74.4 Å². The Bertz CT molecular complexity index is 1010. The summed E-state index contributed by atoms with van der Waals surface area (Å²) in [7, 11) is 3.81. The molecule has 2 amide bonds. The van der Waals surface area contributed by atoms with Crippen molar-refractivity contribution in [3.8, 4) is 5.75 Å². The van der Waals surface area contributed by atoms with Crippen molar-refractivity contribution in [3.63, 3.8) is 0 Å². The molecule has 2 aromatic rings. The second-order valence-corrected chi connectivity index (χ2v) is 8.68. The fraction of sp³-hybridized carbons (Fsp3) is 0.360. The van der Waals surface area contributed by atoms with Crippen LogP contribution in [0.3, 0.4) is 0 Å². The molecule has 0 aromatic heterocycles. The Balaban J connectivity index is 1.62. The molecule has 7 heteroatoms. The first-order valence-corrected chi connectivity index (χ1v) is 10.9. The van der Waals surface area contributed by atoms with Gasteiger partial charge in [-0.15, -0.1) is 0 Å². The molecule has 0 aliphatic carbocycles. The number of urea groups is 1. The van der Waals surface area contributed by atoms with Gasteiger partial charge in [0, 0.05) is 25.3 Å². The number of allylic oxidation sites excluding steroid dienone is 1. The molecule has 2 fully saturated rings. The first-order chi connectivity index (χ1) is 15.5. The summed E-state index contributed by atoms with van der Waals surface area (Å²) in [5.41, 5.74) is 3.45. The third kappa shape index (κ3) is 4.21. The van der Waals surface area contributed by atoms with Crippen molar-refractivity contribution in [2.24, 2.45) is 10.9 Å². The highest BCUT2D eigenvalue weighted by molar-refractivity contribution is 6.08. The Hall–Kier alpha value is -3.32. The molecule has 0 radical (unpaired) electrons. The molecule has 4 rings (SSSR count). The standard InChI is InChI=1S/C25H31N5O2/c1-19(16-27-26)21-7-9-22(10-8-21)29-18-25(11-13-28(2)14-12-25)30(24(29)31)17-20-5-4-6-23(15-20)32-3/h4-10,15-16H,1,11-14,17-18,26H2,2-3H3/b27-16-. The second-order valence-electron chi connectivity index (χ2n) is 8.68. The van der Waals surface area contributed by atoms with E-state index in [4.69, 9.17) is 10.6 Å². The number of carbonyl (C=O) groups is 1. The first-order valence-electron chi connectivity index (χ1n) is 10.9. The summed E-state index contributed by atoms with van der Waals surface area (Å²) in [5, 5.41) is 3.54. The predicted octanol–water partition coefficient (Wildman–Crippen LogP) is 3.56. The van der Waals surface area contributed by atoms with Crippen molar-refractivity contribution in [1.82, 2.24) is 9.80 Å². The lowest BCUT2D eigenvalue weighted by atomic mass is 9.86. The normalized spacial score (nSPS) is 18.6. The summed E-state index contributed by atoms with van der Waals surface area (Å²) in [6.45, 7) is 7.19. The third-order valence-corrected chi connectivity index (χ3v) is 6.66. The molecular formula is C25H31N5O2. The minimum Gasteiger partial charge on any atom is -0.497 e. The fourth-order valence-electron chi connectivity index (χ4n) is 4.67. The second kappa shape index (κ2) is 9.04. The minimum absolute atomic E-state index is 0.0486. The van der Waals surface area contributed by atoms with Gasteiger partial charge in [0.05, 0.1) is 25.4 Å². The highest BCUT2D eigenvalue weighted by atomic mass is 16.5. The Labute approximate surface area is 189 Å². The lowest BCUT2D eigenvalue weighted by Gasteiger charge is -2.42. The molecule has 0 saturated carbocycles. The lowest BCUT2D eigenvalue weighted by Crippen LogP contribution is -2.53. The Morgan fingerprint density at radius 1 is 1.22 bits per heavy atom. The van der Waals surface area contributed by atoms with Gasteiger partial charge in [-0.25, -0.2) is 4.79 Å². The van der Waals surface area contributed by atoms with E-state index in [-0.39, 0.29) is 11.6 Å². The third-order valence-electron chi connectivity index (χ3n) is 6.66. The number of nitrogens with zero attached hydrogens (tertiary/aromatic N) is 4. The van der Waals surface area contributed by atoms with Crippen molar-refractivity contribution in [2.45, 2.75) is 24.9 Å². The van der Waals surface area contributed by atoms with Gasteiger partial charge in [0.2, 0.25) is 0 Å². The first kappa shape index (κ1) is 21.9. The lowest BCUT2D eigenvalue weighted by molar-refractivity contribution is 0.0825. The minimum atomic E-state index is -0.179. The number of ether oxygens (including phenoxy) is 1. The van der Waals surface area contributed by atoms with Gasteiger partial charge in [-0.1, -0.05) is 30.8 Å². The van der Waals surface area contributed by atoms with Gasteiger partial charge in [-0.3, -0.25) is 4.90 Å². The Morgan fingerprint density at radius 3 is 2.59 bits per heavy atom. The number of amides is 2. The molecule has 2 N–H and O–H groups in total. The molecule has 0 atom stereocenters. The van der Waals surface area contributed by atoms with Crippen molar-refractivity contribution in [2.75, 3.05) is 38.7 Å². The summed E-state index contributed by atoms with van der Waals surface area (Å²) in [6, 6.07) is 15.9. The molecule has 32 heavy (non-hydrogen) atoms. The van der Waals surface area contributed by atoms with E-state index in [2.05, 4.69) is 34.6 Å². The Kier molecular flexibility index (Phi) is 6.19. The van der Waals surface area contributed by atoms with Crippen LogP contribution >= 0.6 is 0 Å². The molecule has 7 nitrogen and oxygen atoms in total. The number of hydrazone groups is 1. The van der Waals surface area contributed by atoms with E-state index in [9.17, 15) is 4.79 Å². The van der Waals surface area contributed by atoms with Gasteiger partial charge in [-0.2, -0.15) is 5.10 Å². The van der Waals surface area contributed by atoms with Gasteiger partial charge >= 0.3 is 6.03 Å². The molecule has 0 unspecified atom stereocenters. The van der Waals surface area contributed by atoms with Crippen LogP contribution in [0.2, 0.25) is 0 Å². The number of rotatable bonds is 6. The molecule has 1 spiro atoms. The van der Waals surface area contributed by atoms with Crippen LogP contribution in [0.1, 0.15) is 24.0 Å². The maximum Gasteiger partial charge on any atom is 0.325 e. The van der Waals surface area contributed by atoms with E-state index in [1.807, 2.05) is 47.4 Å². The maximum absolute atomic E-state index is 13.7. The van der Waals surface area contributed by atoms with Crippen LogP contribution in [-0.4, -0.2) is 61.4 Å². The van der Waals surface area contributed by atoms with Gasteiger partial charge in [-0.05, 0) is 60.9 Å². The molecule has 2 aliphatic rings. The zero-order chi connectivity index (χ0) is 22.7. The van der Waals surface area contributed by atoms with Crippen LogP contribution in [-0.2, 0) is 6.54 Å². The molecule has 2 aliphatic heterocycles. The SMILES string of the molecule is C=C(/C=N\N)c1ccc(N2CC3(CCN(C)CC3)N(Cc3cccc(OC)c3)C2=O)cc1. The molecule has 2 heterocycles. The molecule has 0 bridgehead atoms. The van der Waals surface area contributed by atoms with Gasteiger partial charge in [0.15, 0.2) is 0 Å². The monoisotopic (exact) mass is 433 g/mol. The van der Waals surface area contributed by atoms with E-state index in [1.165, 1.54) is 6.21 Å². The average Bonchev–Trinajstić information content (AvgIpc) is 3.08. The van der Waals surface area contributed by atoms with Crippen LogP contribution in [0.5, 0.6) is 5.75 Å². The van der Waals surface area contributed by atoms with Crippen molar-refractivity contribution in [1.29, 1.82) is 0 Å². The number of piperidine rings is 1. The van der Waals surface area contributed by atoms with Crippen LogP contribution in [0, 0.1) is 0 Å². The Morgan fingerprint density at radius 2 is 1.94 bits per heavy atom. The molecule has 2 aromatic carbocycles. The molecule has 2 saturated heterocycles. The number of carbonyl (C=O) groups excluding carboxylic acids is 1. The van der Waals surface area contributed by atoms with Crippen LogP contribution in [0.15, 0.2) is 60.2 Å². The number of methoxy groups -OCH3 is 1. The van der Waals surface area contributed by atoms with Gasteiger partial charge < -0.3 is 20.4 Å². The summed E-state index contributed by atoms with van der Waals surface area (Å²) >= 11 is 0. The van der Waals surface area contributed by atoms with Crippen molar-refractivity contribution in [3.05, 3.63) is 66.2 Å². The zero-order valence-electron chi connectivity index (χ0n) is 18.8.